The fraction of sp³-hybridized carbons (Fsp3) is 0.147. The predicted octanol–water partition coefficient (Wildman–Crippen LogP) is 7.39. The van der Waals surface area contributed by atoms with Crippen molar-refractivity contribution in [3.8, 4) is 34.1 Å². The van der Waals surface area contributed by atoms with Gasteiger partial charge in [0.15, 0.2) is 23.0 Å². The summed E-state index contributed by atoms with van der Waals surface area (Å²) in [5.41, 5.74) is 6.41. The number of H-pyrrole nitrogens is 1. The summed E-state index contributed by atoms with van der Waals surface area (Å²) in [6.45, 7) is 4.61. The number of hydrogen-bond acceptors (Lipinski definition) is 7. The first-order valence-electron chi connectivity index (χ1n) is 13.9. The van der Waals surface area contributed by atoms with E-state index in [1.54, 1.807) is 36.4 Å². The van der Waals surface area contributed by atoms with E-state index in [2.05, 4.69) is 31.4 Å². The third kappa shape index (κ3) is 6.60. The summed E-state index contributed by atoms with van der Waals surface area (Å²) in [7, 11) is 1.47. The molecule has 2 N–H and O–H groups in total. The van der Waals surface area contributed by atoms with Gasteiger partial charge in [-0.1, -0.05) is 42.5 Å². The van der Waals surface area contributed by atoms with E-state index < -0.39 is 11.9 Å². The quantitative estimate of drug-likeness (QED) is 0.0664. The summed E-state index contributed by atoms with van der Waals surface area (Å²) in [5, 5.41) is 5.08. The second kappa shape index (κ2) is 13.9. The number of nitrogens with zero attached hydrogens (tertiary/aromatic N) is 1. The minimum absolute atomic E-state index is 0.224. The summed E-state index contributed by atoms with van der Waals surface area (Å²) in [4.78, 5) is 29.5. The van der Waals surface area contributed by atoms with Crippen molar-refractivity contribution in [3.63, 3.8) is 0 Å². The Labute approximate surface area is 262 Å². The molecule has 0 unspecified atom stereocenters. The van der Waals surface area contributed by atoms with Gasteiger partial charge in [0.1, 0.15) is 5.69 Å². The van der Waals surface area contributed by atoms with Crippen LogP contribution < -0.4 is 24.4 Å². The second-order valence-corrected chi connectivity index (χ2v) is 10.3. The van der Waals surface area contributed by atoms with Crippen LogP contribution in [-0.4, -0.2) is 43.4 Å². The Morgan fingerprint density at radius 1 is 0.864 bits per heavy atom. The van der Waals surface area contributed by atoms with Gasteiger partial charge in [0, 0.05) is 15.4 Å². The molecule has 0 aliphatic carbocycles. The molecule has 0 saturated carbocycles. The molecule has 9 nitrogen and oxygen atoms in total. The van der Waals surface area contributed by atoms with Crippen LogP contribution in [0, 0.1) is 0 Å². The third-order valence-electron chi connectivity index (χ3n) is 6.62. The van der Waals surface area contributed by atoms with E-state index in [1.165, 1.54) is 13.3 Å². The Morgan fingerprint density at radius 3 is 2.36 bits per heavy atom. The number of halogens is 1. The first kappa shape index (κ1) is 30.4. The van der Waals surface area contributed by atoms with Crippen LogP contribution in [0.2, 0.25) is 0 Å². The van der Waals surface area contributed by atoms with E-state index in [0.29, 0.717) is 47.3 Å². The molecule has 0 aliphatic rings. The van der Waals surface area contributed by atoms with Crippen LogP contribution in [0.4, 0.5) is 0 Å². The van der Waals surface area contributed by atoms with E-state index >= 15 is 0 Å². The van der Waals surface area contributed by atoms with Crippen molar-refractivity contribution >= 4 is 44.9 Å². The summed E-state index contributed by atoms with van der Waals surface area (Å²) >= 11 is 3.57. The fourth-order valence-corrected chi connectivity index (χ4v) is 5.13. The number of amides is 1. The predicted molar refractivity (Wildman–Crippen MR) is 173 cm³/mol. The molecule has 0 atom stereocenters. The van der Waals surface area contributed by atoms with Gasteiger partial charge in [-0.05, 0) is 83.4 Å². The van der Waals surface area contributed by atoms with Crippen molar-refractivity contribution in [2.45, 2.75) is 13.8 Å². The van der Waals surface area contributed by atoms with Gasteiger partial charge in [-0.25, -0.2) is 10.2 Å². The number of carbonyl (C=O) groups excluding carboxylic acids is 2. The SMILES string of the molecule is CCOc1ccc(C(=O)Oc2ccc(C=NNC(=O)c3[nH]c4c(Br)cccc4c3-c3ccccc3)cc2OC)cc1OCC. The number of aromatic nitrogens is 1. The third-order valence-corrected chi connectivity index (χ3v) is 7.28. The molecule has 1 heterocycles. The van der Waals surface area contributed by atoms with E-state index in [0.717, 1.165) is 26.5 Å². The van der Waals surface area contributed by atoms with Crippen LogP contribution in [0.15, 0.2) is 94.5 Å². The van der Waals surface area contributed by atoms with Gasteiger partial charge in [-0.15, -0.1) is 0 Å². The van der Waals surface area contributed by atoms with Crippen molar-refractivity contribution in [3.05, 3.63) is 106 Å². The average Bonchev–Trinajstić information content (AvgIpc) is 3.44. The second-order valence-electron chi connectivity index (χ2n) is 9.43. The fourth-order valence-electron chi connectivity index (χ4n) is 4.66. The van der Waals surface area contributed by atoms with Gasteiger partial charge in [0.25, 0.3) is 5.91 Å². The number of para-hydroxylation sites is 1. The molecule has 44 heavy (non-hydrogen) atoms. The Hall–Kier alpha value is -5.09. The molecule has 5 rings (SSSR count). The van der Waals surface area contributed by atoms with E-state index in [4.69, 9.17) is 18.9 Å². The molecule has 1 aromatic heterocycles. The molecule has 0 aliphatic heterocycles. The molecule has 0 bridgehead atoms. The monoisotopic (exact) mass is 655 g/mol. The molecule has 0 radical (unpaired) electrons. The topological polar surface area (TPSA) is 111 Å². The lowest BCUT2D eigenvalue weighted by Crippen LogP contribution is -2.18. The van der Waals surface area contributed by atoms with Crippen LogP contribution in [0.3, 0.4) is 0 Å². The van der Waals surface area contributed by atoms with Gasteiger partial charge in [0.05, 0.1) is 37.6 Å². The highest BCUT2D eigenvalue weighted by molar-refractivity contribution is 9.10. The molecule has 0 fully saturated rings. The van der Waals surface area contributed by atoms with Gasteiger partial charge in [-0.3, -0.25) is 4.79 Å². The van der Waals surface area contributed by atoms with E-state index in [-0.39, 0.29) is 5.75 Å². The molecule has 1 amide bonds. The molecule has 10 heteroatoms. The maximum absolute atomic E-state index is 13.3. The number of ether oxygens (including phenoxy) is 4. The van der Waals surface area contributed by atoms with Crippen LogP contribution in [0.1, 0.15) is 40.3 Å². The zero-order chi connectivity index (χ0) is 31.1. The summed E-state index contributed by atoms with van der Waals surface area (Å²) in [5.74, 6) is 0.564. The van der Waals surface area contributed by atoms with Gasteiger partial charge < -0.3 is 23.9 Å². The smallest absolute Gasteiger partial charge is 0.343 e. The first-order valence-corrected chi connectivity index (χ1v) is 14.7. The van der Waals surface area contributed by atoms with Gasteiger partial charge in [0.2, 0.25) is 0 Å². The number of benzene rings is 4. The Bertz CT molecular complexity index is 1830. The van der Waals surface area contributed by atoms with Gasteiger partial charge in [-0.2, -0.15) is 5.10 Å². The average molecular weight is 657 g/mol. The summed E-state index contributed by atoms with van der Waals surface area (Å²) in [6.07, 6.45) is 1.48. The van der Waals surface area contributed by atoms with E-state index in [1.807, 2.05) is 62.4 Å². The van der Waals surface area contributed by atoms with E-state index in [9.17, 15) is 9.59 Å². The van der Waals surface area contributed by atoms with Crippen molar-refractivity contribution in [2.75, 3.05) is 20.3 Å². The molecule has 4 aromatic carbocycles. The van der Waals surface area contributed by atoms with Crippen LogP contribution in [0.5, 0.6) is 23.0 Å². The Kier molecular flexibility index (Phi) is 9.61. The van der Waals surface area contributed by atoms with Crippen molar-refractivity contribution in [1.82, 2.24) is 10.4 Å². The first-order chi connectivity index (χ1) is 21.4. The Balaban J connectivity index is 1.32. The number of fused-ring (bicyclic) bond motifs is 1. The van der Waals surface area contributed by atoms with Crippen molar-refractivity contribution in [1.29, 1.82) is 0 Å². The minimum Gasteiger partial charge on any atom is -0.493 e. The Morgan fingerprint density at radius 2 is 1.61 bits per heavy atom. The molecule has 5 aromatic rings. The lowest BCUT2D eigenvalue weighted by molar-refractivity contribution is 0.0728. The molecular formula is C34H30BrN3O6. The molecule has 224 valence electrons. The van der Waals surface area contributed by atoms with Crippen LogP contribution >= 0.6 is 15.9 Å². The molecule has 0 saturated heterocycles. The normalized spacial score (nSPS) is 11.0. The molecular weight excluding hydrogens is 626 g/mol. The van der Waals surface area contributed by atoms with Crippen LogP contribution in [0.25, 0.3) is 22.0 Å². The van der Waals surface area contributed by atoms with Crippen molar-refractivity contribution in [2.24, 2.45) is 5.10 Å². The number of nitrogens with one attached hydrogen (secondary N) is 2. The van der Waals surface area contributed by atoms with Crippen molar-refractivity contribution < 1.29 is 28.5 Å². The zero-order valence-corrected chi connectivity index (χ0v) is 25.9. The highest BCUT2D eigenvalue weighted by atomic mass is 79.9. The number of hydrazone groups is 1. The largest absolute Gasteiger partial charge is 0.493 e. The number of hydrogen-bond donors (Lipinski definition) is 2. The summed E-state index contributed by atoms with van der Waals surface area (Å²) < 4.78 is 23.1. The zero-order valence-electron chi connectivity index (χ0n) is 24.3. The highest BCUT2D eigenvalue weighted by Gasteiger charge is 2.20. The lowest BCUT2D eigenvalue weighted by atomic mass is 10.0. The highest BCUT2D eigenvalue weighted by Crippen LogP contribution is 2.36. The number of aromatic amines is 1. The number of carbonyl (C=O) groups is 2. The number of esters is 1. The maximum atomic E-state index is 13.3. The number of methoxy groups -OCH3 is 1. The lowest BCUT2D eigenvalue weighted by Gasteiger charge is -2.13. The van der Waals surface area contributed by atoms with Crippen LogP contribution in [-0.2, 0) is 0 Å². The minimum atomic E-state index is -0.583. The number of rotatable bonds is 11. The molecule has 0 spiro atoms. The summed E-state index contributed by atoms with van der Waals surface area (Å²) in [6, 6.07) is 25.3. The standard InChI is InChI=1S/C34H30BrN3O6/c1-4-42-26-17-15-23(19-29(26)43-5-2)34(40)44-27-16-14-21(18-28(27)41-3)20-36-38-33(39)32-30(22-10-7-6-8-11-22)24-12-9-13-25(35)31(24)37-32/h6-20,37H,4-5H2,1-3H3,(H,38,39). The van der Waals surface area contributed by atoms with Gasteiger partial charge >= 0.3 is 5.97 Å². The maximum Gasteiger partial charge on any atom is 0.343 e.